The minimum atomic E-state index is -3.03. The zero-order valence-corrected chi connectivity index (χ0v) is 15.7. The number of hydrogen-bond donors (Lipinski definition) is 0. The van der Waals surface area contributed by atoms with E-state index >= 15 is 0 Å². The van der Waals surface area contributed by atoms with Crippen LogP contribution in [-0.2, 0) is 13.1 Å². The van der Waals surface area contributed by atoms with Crippen molar-refractivity contribution in [2.75, 3.05) is 6.54 Å². The second-order valence-corrected chi connectivity index (χ2v) is 7.04. The maximum absolute atomic E-state index is 14.3. The smallest absolute Gasteiger partial charge is 0.267 e. The molecule has 3 aromatic rings. The number of aromatic nitrogens is 5. The topological polar surface area (TPSA) is 68.8 Å². The summed E-state index contributed by atoms with van der Waals surface area (Å²) in [5.74, 6) is -3.66. The van der Waals surface area contributed by atoms with Gasteiger partial charge in [0, 0.05) is 19.2 Å². The van der Waals surface area contributed by atoms with Crippen LogP contribution in [0.3, 0.4) is 0 Å². The Labute approximate surface area is 164 Å². The van der Waals surface area contributed by atoms with Crippen LogP contribution in [-0.4, -0.2) is 47.8 Å². The third kappa shape index (κ3) is 3.87. The molecule has 0 unspecified atom stereocenters. The molecular formula is C19H19F3N6O. The van der Waals surface area contributed by atoms with Crippen LogP contribution in [0.4, 0.5) is 13.2 Å². The van der Waals surface area contributed by atoms with Crippen molar-refractivity contribution in [3.05, 3.63) is 65.8 Å². The van der Waals surface area contributed by atoms with Crippen molar-refractivity contribution < 1.29 is 18.0 Å². The van der Waals surface area contributed by atoms with Crippen LogP contribution < -0.4 is 0 Å². The van der Waals surface area contributed by atoms with Crippen LogP contribution in [0.1, 0.15) is 41.1 Å². The molecule has 29 heavy (non-hydrogen) atoms. The van der Waals surface area contributed by atoms with Gasteiger partial charge in [0.15, 0.2) is 5.82 Å². The summed E-state index contributed by atoms with van der Waals surface area (Å²) in [5, 5.41) is 11.9. The van der Waals surface area contributed by atoms with Crippen molar-refractivity contribution >= 4 is 5.91 Å². The molecule has 1 fully saturated rings. The van der Waals surface area contributed by atoms with Gasteiger partial charge in [0.25, 0.3) is 11.8 Å². The fourth-order valence-electron chi connectivity index (χ4n) is 3.50. The van der Waals surface area contributed by atoms with Gasteiger partial charge in [0.1, 0.15) is 12.1 Å². The van der Waals surface area contributed by atoms with Crippen LogP contribution in [0, 0.1) is 5.82 Å². The van der Waals surface area contributed by atoms with Crippen molar-refractivity contribution in [3.63, 3.8) is 0 Å². The highest BCUT2D eigenvalue weighted by Gasteiger charge is 2.49. The van der Waals surface area contributed by atoms with Gasteiger partial charge in [0.05, 0.1) is 30.9 Å². The highest BCUT2D eigenvalue weighted by molar-refractivity contribution is 5.94. The molecule has 7 nitrogen and oxygen atoms in total. The molecule has 2 aromatic heterocycles. The Morgan fingerprint density at radius 2 is 2.03 bits per heavy atom. The molecule has 1 atom stereocenters. The van der Waals surface area contributed by atoms with Gasteiger partial charge in [-0.2, -0.15) is 5.10 Å². The highest BCUT2D eigenvalue weighted by atomic mass is 19.3. The van der Waals surface area contributed by atoms with Crippen molar-refractivity contribution in [2.45, 2.75) is 38.4 Å². The Bertz CT molecular complexity index is 1010. The second kappa shape index (κ2) is 7.34. The molecule has 0 N–H and O–H groups in total. The third-order valence-corrected chi connectivity index (χ3v) is 4.94. The van der Waals surface area contributed by atoms with E-state index < -0.39 is 30.8 Å². The van der Waals surface area contributed by atoms with Gasteiger partial charge in [-0.25, -0.2) is 13.2 Å². The summed E-state index contributed by atoms with van der Waals surface area (Å²) in [6, 6.07) is 4.93. The highest BCUT2D eigenvalue weighted by Crippen LogP contribution is 2.41. The molecule has 1 aliphatic rings. The third-order valence-electron chi connectivity index (χ3n) is 4.94. The van der Waals surface area contributed by atoms with Gasteiger partial charge in [-0.3, -0.25) is 9.48 Å². The van der Waals surface area contributed by atoms with Crippen molar-refractivity contribution in [1.82, 2.24) is 29.4 Å². The number of amides is 1. The van der Waals surface area contributed by atoms with E-state index in [2.05, 4.69) is 15.3 Å². The Hall–Kier alpha value is -3.17. The van der Waals surface area contributed by atoms with Crippen LogP contribution in [0.15, 0.2) is 43.0 Å². The summed E-state index contributed by atoms with van der Waals surface area (Å²) < 4.78 is 44.9. The monoisotopic (exact) mass is 404 g/mol. The molecule has 1 aliphatic heterocycles. The Morgan fingerprint density at radius 3 is 2.72 bits per heavy atom. The van der Waals surface area contributed by atoms with Crippen molar-refractivity contribution in [3.8, 4) is 0 Å². The lowest BCUT2D eigenvalue weighted by Crippen LogP contribution is -2.33. The van der Waals surface area contributed by atoms with Crippen LogP contribution in [0.2, 0.25) is 0 Å². The number of carbonyl (C=O) groups is 1. The van der Waals surface area contributed by atoms with E-state index in [1.54, 1.807) is 27.6 Å². The number of likely N-dealkylation sites (tertiary alicyclic amines) is 1. The lowest BCUT2D eigenvalue weighted by Gasteiger charge is -2.23. The van der Waals surface area contributed by atoms with E-state index in [1.807, 2.05) is 6.92 Å². The predicted molar refractivity (Wildman–Crippen MR) is 96.8 cm³/mol. The summed E-state index contributed by atoms with van der Waals surface area (Å²) >= 11 is 0. The Kier molecular flexibility index (Phi) is 4.85. The fraction of sp³-hybridized carbons (Fsp3) is 0.368. The first kappa shape index (κ1) is 19.2. The second-order valence-electron chi connectivity index (χ2n) is 7.04. The molecule has 10 heteroatoms. The van der Waals surface area contributed by atoms with Crippen LogP contribution in [0.25, 0.3) is 0 Å². The summed E-state index contributed by atoms with van der Waals surface area (Å²) in [7, 11) is 0. The van der Waals surface area contributed by atoms with Gasteiger partial charge in [0.2, 0.25) is 0 Å². The number of halogens is 3. The summed E-state index contributed by atoms with van der Waals surface area (Å²) in [6.45, 7) is 2.02. The average molecular weight is 404 g/mol. The molecule has 0 aliphatic carbocycles. The summed E-state index contributed by atoms with van der Waals surface area (Å²) in [4.78, 5) is 14.0. The molecule has 1 saturated heterocycles. The van der Waals surface area contributed by atoms with E-state index in [0.29, 0.717) is 6.54 Å². The number of aryl methyl sites for hydroxylation is 1. The minimum absolute atomic E-state index is 0.249. The molecular weight excluding hydrogens is 385 g/mol. The van der Waals surface area contributed by atoms with Crippen LogP contribution in [0.5, 0.6) is 0 Å². The van der Waals surface area contributed by atoms with Gasteiger partial charge >= 0.3 is 0 Å². The van der Waals surface area contributed by atoms with E-state index in [9.17, 15) is 18.0 Å². The summed E-state index contributed by atoms with van der Waals surface area (Å²) in [6.07, 6.45) is 3.80. The van der Waals surface area contributed by atoms with Crippen molar-refractivity contribution in [2.24, 2.45) is 0 Å². The van der Waals surface area contributed by atoms with Gasteiger partial charge in [-0.1, -0.05) is 12.1 Å². The maximum atomic E-state index is 14.3. The molecule has 0 radical (unpaired) electrons. The van der Waals surface area contributed by atoms with E-state index in [4.69, 9.17) is 0 Å². The molecule has 0 spiro atoms. The molecule has 1 amide bonds. The SMILES string of the molecule is CCn1cc(C(=O)N2CC(F)(F)C[C@H]2c2nncn2Cc2ccc(F)cc2)cn1. The fourth-order valence-corrected chi connectivity index (χ4v) is 3.50. The van der Waals surface area contributed by atoms with E-state index in [-0.39, 0.29) is 23.7 Å². The number of benzene rings is 1. The Balaban J connectivity index is 1.63. The predicted octanol–water partition coefficient (Wildman–Crippen LogP) is 2.90. The zero-order valence-electron chi connectivity index (χ0n) is 15.7. The normalized spacial score (nSPS) is 18.3. The number of carbonyl (C=O) groups excluding carboxylic acids is 1. The molecule has 152 valence electrons. The number of hydrogen-bond acceptors (Lipinski definition) is 4. The summed E-state index contributed by atoms with van der Waals surface area (Å²) in [5.41, 5.74) is 1.01. The van der Waals surface area contributed by atoms with Gasteiger partial charge in [-0.05, 0) is 24.6 Å². The maximum Gasteiger partial charge on any atom is 0.267 e. The van der Waals surface area contributed by atoms with E-state index in [1.165, 1.54) is 24.7 Å². The zero-order chi connectivity index (χ0) is 20.6. The first-order chi connectivity index (χ1) is 13.9. The lowest BCUT2D eigenvalue weighted by molar-refractivity contribution is 0.0117. The van der Waals surface area contributed by atoms with E-state index in [0.717, 1.165) is 10.5 Å². The molecule has 3 heterocycles. The number of nitrogens with zero attached hydrogens (tertiary/aromatic N) is 6. The molecule has 4 rings (SSSR count). The van der Waals surface area contributed by atoms with Crippen LogP contribution >= 0.6 is 0 Å². The quantitative estimate of drug-likeness (QED) is 0.656. The molecule has 0 saturated carbocycles. The lowest BCUT2D eigenvalue weighted by atomic mass is 10.1. The molecule has 1 aromatic carbocycles. The number of rotatable bonds is 5. The number of alkyl halides is 2. The first-order valence-electron chi connectivity index (χ1n) is 9.19. The Morgan fingerprint density at radius 1 is 1.28 bits per heavy atom. The first-order valence-corrected chi connectivity index (χ1v) is 9.19. The minimum Gasteiger partial charge on any atom is -0.322 e. The van der Waals surface area contributed by atoms with Gasteiger partial charge < -0.3 is 9.47 Å². The van der Waals surface area contributed by atoms with Crippen molar-refractivity contribution in [1.29, 1.82) is 0 Å². The van der Waals surface area contributed by atoms with Gasteiger partial charge in [-0.15, -0.1) is 10.2 Å². The average Bonchev–Trinajstić information content (AvgIpc) is 3.41. The standard InChI is InChI=1S/C19H19F3N6O/c1-2-27-10-14(8-24-27)18(29)28-11-19(21,22)7-16(28)17-25-23-12-26(17)9-13-3-5-15(20)6-4-13/h3-6,8,10,12,16H,2,7,9,11H2,1H3/t16-/m0/s1. The molecule has 0 bridgehead atoms. The largest absolute Gasteiger partial charge is 0.322 e.